The van der Waals surface area contributed by atoms with Crippen molar-refractivity contribution in [2.24, 2.45) is 0 Å². The summed E-state index contributed by atoms with van der Waals surface area (Å²) in [6.07, 6.45) is -4.33. The first-order chi connectivity index (χ1) is 8.01. The van der Waals surface area contributed by atoms with Gasteiger partial charge in [-0.25, -0.2) is 0 Å². The number of carbonyl (C=O) groups is 1. The molecule has 1 heterocycles. The van der Waals surface area contributed by atoms with E-state index in [-0.39, 0.29) is 5.91 Å². The van der Waals surface area contributed by atoms with Crippen molar-refractivity contribution in [3.05, 3.63) is 0 Å². The molecule has 0 aromatic carbocycles. The maximum Gasteiger partial charge on any atom is 0.217 e. The normalized spacial score (nSPS) is 37.8. The van der Waals surface area contributed by atoms with Crippen LogP contribution in [0.3, 0.4) is 0 Å². The summed E-state index contributed by atoms with van der Waals surface area (Å²) in [4.78, 5) is 11.0. The van der Waals surface area contributed by atoms with E-state index in [0.717, 1.165) is 0 Å². The van der Waals surface area contributed by atoms with Gasteiger partial charge in [-0.3, -0.25) is 4.79 Å². The van der Waals surface area contributed by atoms with Crippen molar-refractivity contribution in [3.63, 3.8) is 0 Å². The number of rotatable bonds is 4. The van der Waals surface area contributed by atoms with E-state index in [1.807, 2.05) is 0 Å². The van der Waals surface area contributed by atoms with Crippen LogP contribution in [-0.2, 0) is 14.3 Å². The molecule has 1 aliphatic heterocycles. The predicted octanol–water partition coefficient (Wildman–Crippen LogP) is -2.03. The molecule has 1 fully saturated rings. The number of aliphatic hydroxyl groups is 3. The van der Waals surface area contributed by atoms with Crippen molar-refractivity contribution in [1.29, 1.82) is 0 Å². The van der Waals surface area contributed by atoms with E-state index >= 15 is 0 Å². The maximum absolute atomic E-state index is 11.0. The fourth-order valence-electron chi connectivity index (χ4n) is 1.78. The predicted molar refractivity (Wildman–Crippen MR) is 57.0 cm³/mol. The van der Waals surface area contributed by atoms with Gasteiger partial charge in [-0.1, -0.05) is 0 Å². The number of aliphatic hydroxyl groups excluding tert-OH is 3. The molecule has 0 radical (unpaired) electrons. The van der Waals surface area contributed by atoms with Gasteiger partial charge in [-0.15, -0.1) is 0 Å². The molecule has 0 aliphatic carbocycles. The van der Waals surface area contributed by atoms with Crippen LogP contribution in [0.15, 0.2) is 0 Å². The number of carbonyl (C=O) groups excluding carboxylic acids is 1. The highest BCUT2D eigenvalue weighted by Crippen LogP contribution is 2.21. The van der Waals surface area contributed by atoms with Gasteiger partial charge in [0.2, 0.25) is 5.91 Å². The summed E-state index contributed by atoms with van der Waals surface area (Å²) >= 11 is 0. The molecule has 0 aromatic rings. The first kappa shape index (κ1) is 14.3. The molecule has 100 valence electrons. The van der Waals surface area contributed by atoms with Crippen molar-refractivity contribution in [2.75, 3.05) is 13.2 Å². The Hall–Kier alpha value is -0.730. The minimum atomic E-state index is -1.27. The Kier molecular flexibility index (Phi) is 5.29. The molecule has 17 heavy (non-hydrogen) atoms. The number of nitrogens with one attached hydrogen (secondary N) is 1. The first-order valence-corrected chi connectivity index (χ1v) is 5.52. The van der Waals surface area contributed by atoms with Gasteiger partial charge in [0.15, 0.2) is 6.29 Å². The Labute approximate surface area is 99.3 Å². The third-order valence-electron chi connectivity index (χ3n) is 2.58. The third-order valence-corrected chi connectivity index (χ3v) is 2.58. The number of hydrogen-bond donors (Lipinski definition) is 4. The molecule has 7 nitrogen and oxygen atoms in total. The second-order valence-electron chi connectivity index (χ2n) is 3.89. The highest BCUT2D eigenvalue weighted by atomic mass is 16.7. The van der Waals surface area contributed by atoms with E-state index < -0.39 is 37.3 Å². The monoisotopic (exact) mass is 249 g/mol. The van der Waals surface area contributed by atoms with Crippen molar-refractivity contribution < 1.29 is 29.6 Å². The summed E-state index contributed by atoms with van der Waals surface area (Å²) < 4.78 is 10.5. The molecule has 1 aliphatic rings. The molecule has 4 unspecified atom stereocenters. The van der Waals surface area contributed by atoms with Gasteiger partial charge < -0.3 is 30.1 Å². The van der Waals surface area contributed by atoms with Gasteiger partial charge in [-0.2, -0.15) is 0 Å². The van der Waals surface area contributed by atoms with Crippen molar-refractivity contribution >= 4 is 5.91 Å². The Bertz CT molecular complexity index is 261. The highest BCUT2D eigenvalue weighted by molar-refractivity contribution is 5.73. The Morgan fingerprint density at radius 2 is 2.06 bits per heavy atom. The van der Waals surface area contributed by atoms with E-state index in [4.69, 9.17) is 14.6 Å². The molecular weight excluding hydrogens is 230 g/mol. The minimum Gasteiger partial charge on any atom is -0.394 e. The number of amides is 1. The average Bonchev–Trinajstić information content (AvgIpc) is 2.28. The summed E-state index contributed by atoms with van der Waals surface area (Å²) in [5.74, 6) is -0.364. The topological polar surface area (TPSA) is 108 Å². The summed E-state index contributed by atoms with van der Waals surface area (Å²) in [5, 5.41) is 31.0. The quantitative estimate of drug-likeness (QED) is 0.457. The van der Waals surface area contributed by atoms with E-state index in [1.165, 1.54) is 6.92 Å². The molecule has 0 aromatic heterocycles. The SMILES string of the molecule is CCO[C@@H]1OC(CO)C(O)C(O)C1NC(C)=O. The molecule has 0 spiro atoms. The lowest BCUT2D eigenvalue weighted by Crippen LogP contribution is -2.64. The van der Waals surface area contributed by atoms with Gasteiger partial charge in [0, 0.05) is 13.5 Å². The second kappa shape index (κ2) is 6.27. The molecule has 0 bridgehead atoms. The van der Waals surface area contributed by atoms with Crippen LogP contribution in [0.25, 0.3) is 0 Å². The van der Waals surface area contributed by atoms with Gasteiger partial charge in [-0.05, 0) is 6.92 Å². The summed E-state index contributed by atoms with van der Waals surface area (Å²) in [6.45, 7) is 2.91. The molecule has 4 N–H and O–H groups in total. The van der Waals surface area contributed by atoms with Crippen molar-refractivity contribution in [3.8, 4) is 0 Å². The van der Waals surface area contributed by atoms with Crippen LogP contribution >= 0.6 is 0 Å². The standard InChI is InChI=1S/C10H19NO6/c1-3-16-10-7(11-5(2)13)9(15)8(14)6(4-12)17-10/h6-10,12,14-15H,3-4H2,1-2H3,(H,11,13)/t6?,7?,8?,9?,10-/m1/s1. The van der Waals surface area contributed by atoms with Crippen LogP contribution in [0.5, 0.6) is 0 Å². The number of ether oxygens (including phenoxy) is 2. The van der Waals surface area contributed by atoms with Crippen molar-refractivity contribution in [1.82, 2.24) is 5.32 Å². The zero-order valence-electron chi connectivity index (χ0n) is 9.87. The zero-order valence-corrected chi connectivity index (χ0v) is 9.87. The van der Waals surface area contributed by atoms with Crippen LogP contribution in [0.1, 0.15) is 13.8 Å². The zero-order chi connectivity index (χ0) is 13.0. The van der Waals surface area contributed by atoms with E-state index in [9.17, 15) is 15.0 Å². The molecule has 1 amide bonds. The minimum absolute atomic E-state index is 0.321. The largest absolute Gasteiger partial charge is 0.394 e. The summed E-state index contributed by atoms with van der Waals surface area (Å²) in [5.41, 5.74) is 0. The number of hydrogen-bond acceptors (Lipinski definition) is 6. The fourth-order valence-corrected chi connectivity index (χ4v) is 1.78. The van der Waals surface area contributed by atoms with E-state index in [0.29, 0.717) is 6.61 Å². The average molecular weight is 249 g/mol. The summed E-state index contributed by atoms with van der Waals surface area (Å²) in [7, 11) is 0. The van der Waals surface area contributed by atoms with Crippen LogP contribution < -0.4 is 5.32 Å². The van der Waals surface area contributed by atoms with E-state index in [2.05, 4.69) is 5.32 Å². The second-order valence-corrected chi connectivity index (χ2v) is 3.89. The Morgan fingerprint density at radius 3 is 2.53 bits per heavy atom. The van der Waals surface area contributed by atoms with Crippen LogP contribution in [-0.4, -0.2) is 65.1 Å². The van der Waals surface area contributed by atoms with Crippen LogP contribution in [0.4, 0.5) is 0 Å². The maximum atomic E-state index is 11.0. The summed E-state index contributed by atoms with van der Waals surface area (Å²) in [6, 6.07) is -0.856. The van der Waals surface area contributed by atoms with Gasteiger partial charge in [0.05, 0.1) is 6.61 Å². The molecule has 7 heteroatoms. The van der Waals surface area contributed by atoms with Gasteiger partial charge in [0.1, 0.15) is 24.4 Å². The highest BCUT2D eigenvalue weighted by Gasteiger charge is 2.45. The van der Waals surface area contributed by atoms with E-state index in [1.54, 1.807) is 6.92 Å². The lowest BCUT2D eigenvalue weighted by atomic mass is 9.97. The van der Waals surface area contributed by atoms with Crippen LogP contribution in [0, 0.1) is 0 Å². The lowest BCUT2D eigenvalue weighted by molar-refractivity contribution is -0.268. The van der Waals surface area contributed by atoms with Gasteiger partial charge in [0.25, 0.3) is 0 Å². The Balaban J connectivity index is 2.78. The fraction of sp³-hybridized carbons (Fsp3) is 0.900. The van der Waals surface area contributed by atoms with Crippen molar-refractivity contribution in [2.45, 2.75) is 44.5 Å². The Morgan fingerprint density at radius 1 is 1.41 bits per heavy atom. The molecule has 5 atom stereocenters. The van der Waals surface area contributed by atoms with Crippen LogP contribution in [0.2, 0.25) is 0 Å². The molecule has 1 rings (SSSR count). The lowest BCUT2D eigenvalue weighted by Gasteiger charge is -2.42. The molecular formula is C10H19NO6. The molecule has 1 saturated heterocycles. The third kappa shape index (κ3) is 3.36. The smallest absolute Gasteiger partial charge is 0.217 e. The van der Waals surface area contributed by atoms with Gasteiger partial charge >= 0.3 is 0 Å². The first-order valence-electron chi connectivity index (χ1n) is 5.52. The molecule has 0 saturated carbocycles.